The van der Waals surface area contributed by atoms with Crippen molar-refractivity contribution in [3.05, 3.63) is 83.0 Å². The van der Waals surface area contributed by atoms with Crippen molar-refractivity contribution in [3.63, 3.8) is 0 Å². The van der Waals surface area contributed by atoms with Crippen molar-refractivity contribution in [1.82, 2.24) is 4.98 Å². The summed E-state index contributed by atoms with van der Waals surface area (Å²) in [6.07, 6.45) is 1.69. The predicted octanol–water partition coefficient (Wildman–Crippen LogP) is 4.16. The number of hydrogen-bond acceptors (Lipinski definition) is 5. The zero-order valence-corrected chi connectivity index (χ0v) is 19.2. The standard InChI is InChI=1S/C19H12N3O4S.CH3.Po/c23-22(24)15-8-10-16(11-9-15)27(25,26)21-17-5-1-3-13-6-7-14-4-2-12-20-19(14)18(13)17;;/h1-12H;1H3;/q-1;;+1. The molecule has 4 rings (SSSR count). The summed E-state index contributed by atoms with van der Waals surface area (Å²) in [6.45, 7) is 0. The average molecular weight is 602 g/mol. The van der Waals surface area contributed by atoms with Gasteiger partial charge in [0.15, 0.2) is 0 Å². The molecule has 0 spiro atoms. The van der Waals surface area contributed by atoms with Gasteiger partial charge in [-0.1, -0.05) is 0 Å². The van der Waals surface area contributed by atoms with Crippen LogP contribution in [0.25, 0.3) is 21.7 Å². The number of pyridine rings is 1. The van der Waals surface area contributed by atoms with E-state index in [1.807, 2.05) is 41.0 Å². The molecule has 0 radical (unpaired) electrons. The van der Waals surface area contributed by atoms with E-state index in [4.69, 9.17) is 0 Å². The Morgan fingerprint density at radius 2 is 1.66 bits per heavy atom. The summed E-state index contributed by atoms with van der Waals surface area (Å²) in [6, 6.07) is 18.3. The normalized spacial score (nSPS) is 11.6. The molecule has 3 aromatic carbocycles. The van der Waals surface area contributed by atoms with Crippen molar-refractivity contribution >= 4 is 66.9 Å². The number of hydrogen-bond donors (Lipinski definition) is 0. The molecule has 29 heavy (non-hydrogen) atoms. The maximum absolute atomic E-state index is 13.4. The van der Waals surface area contributed by atoms with Gasteiger partial charge in [-0.15, -0.1) is 0 Å². The number of sulfonamides is 1. The van der Waals surface area contributed by atoms with Crippen LogP contribution in [0.2, 0.25) is 4.58 Å². The third-order valence-electron chi connectivity index (χ3n) is 4.52. The van der Waals surface area contributed by atoms with Gasteiger partial charge < -0.3 is 0 Å². The monoisotopic (exact) mass is 602 g/mol. The van der Waals surface area contributed by atoms with Crippen LogP contribution >= 0.6 is 0 Å². The van der Waals surface area contributed by atoms with Gasteiger partial charge >= 0.3 is 180 Å². The second kappa shape index (κ2) is 7.66. The first kappa shape index (κ1) is 19.7. The van der Waals surface area contributed by atoms with Gasteiger partial charge in [-0.3, -0.25) is 0 Å². The Kier molecular flexibility index (Phi) is 5.20. The van der Waals surface area contributed by atoms with Gasteiger partial charge in [0.05, 0.1) is 0 Å². The van der Waals surface area contributed by atoms with E-state index < -0.39 is 38.8 Å². The molecular weight excluding hydrogens is 587 g/mol. The van der Waals surface area contributed by atoms with Gasteiger partial charge in [-0.05, 0) is 0 Å². The number of anilines is 1. The zero-order chi connectivity index (χ0) is 20.6. The summed E-state index contributed by atoms with van der Waals surface area (Å²) in [5, 5.41) is 13.5. The molecule has 1 aromatic heterocycles. The van der Waals surface area contributed by atoms with E-state index in [1.165, 1.54) is 26.5 Å². The summed E-state index contributed by atoms with van der Waals surface area (Å²) in [5.74, 6) is 0. The Balaban J connectivity index is 1.93. The van der Waals surface area contributed by atoms with Crippen LogP contribution in [-0.2, 0) is 10.0 Å². The van der Waals surface area contributed by atoms with Gasteiger partial charge in [-0.25, -0.2) is 0 Å². The second-order valence-electron chi connectivity index (χ2n) is 6.18. The molecule has 7 nitrogen and oxygen atoms in total. The van der Waals surface area contributed by atoms with Crippen molar-refractivity contribution in [3.8, 4) is 0 Å². The molecule has 0 aliphatic heterocycles. The molecule has 146 valence electrons. The molecule has 0 bridgehead atoms. The second-order valence-corrected chi connectivity index (χ2v) is 11.8. The summed E-state index contributed by atoms with van der Waals surface area (Å²) in [4.78, 5) is 14.9. The van der Waals surface area contributed by atoms with E-state index in [2.05, 4.69) is 4.98 Å². The Bertz CT molecular complexity index is 1340. The first-order valence-electron chi connectivity index (χ1n) is 8.54. The summed E-state index contributed by atoms with van der Waals surface area (Å²) in [7, 11) is -3.85. The number of nitrogens with zero attached hydrogens (tertiary/aromatic N) is 3. The quantitative estimate of drug-likeness (QED) is 0.194. The van der Waals surface area contributed by atoms with Crippen molar-refractivity contribution < 1.29 is 13.3 Å². The number of benzene rings is 3. The van der Waals surface area contributed by atoms with Gasteiger partial charge in [0.1, 0.15) is 0 Å². The van der Waals surface area contributed by atoms with Crippen molar-refractivity contribution in [2.45, 2.75) is 9.48 Å². The van der Waals surface area contributed by atoms with E-state index in [1.54, 1.807) is 12.3 Å². The number of aromatic nitrogens is 1. The van der Waals surface area contributed by atoms with Crippen LogP contribution < -0.4 is 2.20 Å². The third-order valence-corrected chi connectivity index (χ3v) is 11.7. The first-order valence-corrected chi connectivity index (χ1v) is 14.6. The molecule has 0 saturated heterocycles. The molecule has 0 saturated carbocycles. The van der Waals surface area contributed by atoms with Crippen LogP contribution in [0.4, 0.5) is 11.4 Å². The van der Waals surface area contributed by atoms with Crippen LogP contribution in [0.15, 0.2) is 77.8 Å². The Morgan fingerprint density at radius 1 is 0.966 bits per heavy atom. The van der Waals surface area contributed by atoms with Crippen molar-refractivity contribution in [1.29, 1.82) is 0 Å². The number of fused-ring (bicyclic) bond motifs is 3. The van der Waals surface area contributed by atoms with Gasteiger partial charge in [-0.2, -0.15) is 0 Å². The molecule has 0 unspecified atom stereocenters. The fourth-order valence-corrected chi connectivity index (χ4v) is 9.14. The van der Waals surface area contributed by atoms with Crippen LogP contribution in [-0.4, -0.2) is 42.2 Å². The van der Waals surface area contributed by atoms with E-state index >= 15 is 0 Å². The summed E-state index contributed by atoms with van der Waals surface area (Å²) in [5.41, 5.74) is 1.20. The number of nitro groups is 1. The predicted molar refractivity (Wildman–Crippen MR) is 114 cm³/mol. The first-order chi connectivity index (χ1) is 13.9. The summed E-state index contributed by atoms with van der Waals surface area (Å²) < 4.78 is 30.2. The number of rotatable bonds is 5. The van der Waals surface area contributed by atoms with E-state index in [0.717, 1.165) is 21.7 Å². The molecule has 9 heteroatoms. The summed E-state index contributed by atoms with van der Waals surface area (Å²) >= 11 is -1.50. The molecule has 1 heterocycles. The zero-order valence-electron chi connectivity index (χ0n) is 15.2. The number of nitro benzene ring substituents is 1. The van der Waals surface area contributed by atoms with Gasteiger partial charge in [0, 0.05) is 0 Å². The Labute approximate surface area is 179 Å². The van der Waals surface area contributed by atoms with Crippen LogP contribution in [0.5, 0.6) is 0 Å². The number of non-ortho nitro benzene ring substituents is 1. The fourth-order valence-electron chi connectivity index (χ4n) is 3.21. The molecule has 0 amide bonds. The van der Waals surface area contributed by atoms with Gasteiger partial charge in [0.25, 0.3) is 0 Å². The van der Waals surface area contributed by atoms with Crippen molar-refractivity contribution in [2.75, 3.05) is 2.20 Å². The molecule has 0 atom stereocenters. The van der Waals surface area contributed by atoms with E-state index in [-0.39, 0.29) is 10.6 Å². The van der Waals surface area contributed by atoms with E-state index in [9.17, 15) is 18.5 Å². The Morgan fingerprint density at radius 3 is 2.34 bits per heavy atom. The average Bonchev–Trinajstić information content (AvgIpc) is 2.74. The fraction of sp³-hybridized carbons (Fsp3) is 0.0500. The molecule has 0 fully saturated rings. The van der Waals surface area contributed by atoms with Crippen LogP contribution in [0, 0.1) is 10.1 Å². The molecule has 0 aliphatic rings. The molecular formula is C20H15N3O4PoS. The maximum atomic E-state index is 13.4. The molecule has 0 aliphatic carbocycles. The topological polar surface area (TPSA) is 93.4 Å². The third kappa shape index (κ3) is 3.45. The van der Waals surface area contributed by atoms with Crippen LogP contribution in [0.1, 0.15) is 0 Å². The van der Waals surface area contributed by atoms with Crippen molar-refractivity contribution in [2.24, 2.45) is 0 Å². The van der Waals surface area contributed by atoms with E-state index in [0.29, 0.717) is 5.69 Å². The minimum atomic E-state index is -3.85. The van der Waals surface area contributed by atoms with Gasteiger partial charge in [0.2, 0.25) is 0 Å². The molecule has 0 N–H and O–H groups in total. The minimum absolute atomic E-state index is 0.0372. The Hall–Kier alpha value is -2.62. The molecule has 4 aromatic rings. The van der Waals surface area contributed by atoms with Crippen LogP contribution in [0.3, 0.4) is 0 Å². The SMILES string of the molecule is [CH3][Po][N](c1cccc2ccc3cccnc3c12)S(=O)(=O)c1ccc([N+](=O)[O-])cc1.